The molecule has 29 heavy (non-hydrogen) atoms. The van der Waals surface area contributed by atoms with E-state index in [1.807, 2.05) is 36.4 Å². The maximum absolute atomic E-state index is 10.4. The van der Waals surface area contributed by atoms with Gasteiger partial charge in [0, 0.05) is 35.9 Å². The van der Waals surface area contributed by atoms with Crippen LogP contribution in [0.15, 0.2) is 53.0 Å². The highest BCUT2D eigenvalue weighted by Crippen LogP contribution is 2.43. The molecule has 0 atom stereocenters. The molecule has 0 amide bonds. The molecule has 0 saturated heterocycles. The number of nitrogens with zero attached hydrogens (tertiary/aromatic N) is 1. The number of pyridine rings is 1. The van der Waals surface area contributed by atoms with E-state index in [0.717, 1.165) is 34.3 Å². The fourth-order valence-corrected chi connectivity index (χ4v) is 3.58. The van der Waals surface area contributed by atoms with E-state index in [0.29, 0.717) is 29.4 Å². The van der Waals surface area contributed by atoms with Crippen LogP contribution < -0.4 is 14.8 Å². The minimum Gasteiger partial charge on any atom is -0.507 e. The number of hydrogen-bond acceptors (Lipinski definition) is 6. The van der Waals surface area contributed by atoms with Crippen molar-refractivity contribution in [1.29, 1.82) is 0 Å². The molecule has 0 aliphatic carbocycles. The van der Waals surface area contributed by atoms with E-state index in [1.54, 1.807) is 19.2 Å². The zero-order valence-corrected chi connectivity index (χ0v) is 17.5. The second-order valence-electron chi connectivity index (χ2n) is 6.60. The van der Waals surface area contributed by atoms with E-state index in [-0.39, 0.29) is 12.5 Å². The highest BCUT2D eigenvalue weighted by molar-refractivity contribution is 9.10. The van der Waals surface area contributed by atoms with Gasteiger partial charge in [-0.1, -0.05) is 28.1 Å². The molecule has 150 valence electrons. The molecule has 0 unspecified atom stereocenters. The van der Waals surface area contributed by atoms with Crippen LogP contribution in [0.1, 0.15) is 6.42 Å². The molecule has 1 aromatic heterocycles. The first-order valence-corrected chi connectivity index (χ1v) is 10.1. The van der Waals surface area contributed by atoms with Crippen molar-refractivity contribution in [2.75, 3.05) is 32.4 Å². The third-order valence-corrected chi connectivity index (χ3v) is 5.09. The smallest absolute Gasteiger partial charge is 0.231 e. The van der Waals surface area contributed by atoms with E-state index in [9.17, 15) is 5.11 Å². The molecule has 2 heterocycles. The van der Waals surface area contributed by atoms with Gasteiger partial charge in [-0.25, -0.2) is 4.98 Å². The standard InChI is InChI=1S/C22H21BrN2O4/c1-27-9-3-8-24-21-11-14(16-4-2-5-20-22(16)29-13-28-20)10-18(25-21)17-12-15(23)6-7-19(17)26/h2,4-7,10-12,26H,3,8-9,13H2,1H3,(H,24,25). The number of benzene rings is 2. The van der Waals surface area contributed by atoms with Crippen molar-refractivity contribution in [3.63, 3.8) is 0 Å². The minimum atomic E-state index is 0.168. The van der Waals surface area contributed by atoms with Gasteiger partial charge >= 0.3 is 0 Å². The third-order valence-electron chi connectivity index (χ3n) is 4.60. The van der Waals surface area contributed by atoms with Gasteiger partial charge in [0.1, 0.15) is 11.6 Å². The lowest BCUT2D eigenvalue weighted by molar-refractivity contribution is 0.174. The van der Waals surface area contributed by atoms with Crippen LogP contribution in [-0.2, 0) is 4.74 Å². The van der Waals surface area contributed by atoms with Gasteiger partial charge in [0.05, 0.1) is 5.69 Å². The number of ether oxygens (including phenoxy) is 3. The highest BCUT2D eigenvalue weighted by atomic mass is 79.9. The zero-order chi connectivity index (χ0) is 20.2. The Morgan fingerprint density at radius 2 is 2.03 bits per heavy atom. The second-order valence-corrected chi connectivity index (χ2v) is 7.52. The van der Waals surface area contributed by atoms with Crippen molar-refractivity contribution < 1.29 is 19.3 Å². The van der Waals surface area contributed by atoms with Crippen molar-refractivity contribution in [1.82, 2.24) is 4.98 Å². The molecule has 2 aromatic carbocycles. The summed E-state index contributed by atoms with van der Waals surface area (Å²) in [6.07, 6.45) is 0.859. The van der Waals surface area contributed by atoms with Gasteiger partial charge in [0.25, 0.3) is 0 Å². The molecule has 0 saturated carbocycles. The Hall–Kier alpha value is -2.77. The molecule has 7 heteroatoms. The van der Waals surface area contributed by atoms with Crippen molar-refractivity contribution >= 4 is 21.7 Å². The summed E-state index contributed by atoms with van der Waals surface area (Å²) in [5.41, 5.74) is 3.14. The summed E-state index contributed by atoms with van der Waals surface area (Å²) in [5.74, 6) is 2.32. The third kappa shape index (κ3) is 4.31. The average Bonchev–Trinajstić information content (AvgIpc) is 3.22. The number of hydrogen-bond donors (Lipinski definition) is 2. The molecular formula is C22H21BrN2O4. The Bertz CT molecular complexity index is 1030. The maximum atomic E-state index is 10.4. The fraction of sp³-hybridized carbons (Fsp3) is 0.227. The Morgan fingerprint density at radius 1 is 1.14 bits per heavy atom. The number of rotatable bonds is 7. The van der Waals surface area contributed by atoms with Crippen LogP contribution in [0.2, 0.25) is 0 Å². The number of anilines is 1. The molecular weight excluding hydrogens is 436 g/mol. The number of halogens is 1. The van der Waals surface area contributed by atoms with Crippen molar-refractivity contribution in [3.8, 4) is 39.6 Å². The van der Waals surface area contributed by atoms with Gasteiger partial charge < -0.3 is 24.6 Å². The number of aromatic nitrogens is 1. The summed E-state index contributed by atoms with van der Waals surface area (Å²) in [5, 5.41) is 13.7. The predicted octanol–water partition coefficient (Wildman–Crippen LogP) is 5.06. The molecule has 2 N–H and O–H groups in total. The number of phenolic OH excluding ortho intramolecular Hbond substituents is 1. The van der Waals surface area contributed by atoms with E-state index in [1.165, 1.54) is 0 Å². The van der Waals surface area contributed by atoms with Crippen LogP contribution in [0.25, 0.3) is 22.4 Å². The number of aromatic hydroxyl groups is 1. The van der Waals surface area contributed by atoms with Crippen molar-refractivity contribution in [2.45, 2.75) is 6.42 Å². The average molecular weight is 457 g/mol. The summed E-state index contributed by atoms with van der Waals surface area (Å²) < 4.78 is 17.2. The largest absolute Gasteiger partial charge is 0.507 e. The second kappa shape index (κ2) is 8.71. The normalized spacial score (nSPS) is 12.2. The highest BCUT2D eigenvalue weighted by Gasteiger charge is 2.20. The molecule has 3 aromatic rings. The van der Waals surface area contributed by atoms with Crippen LogP contribution >= 0.6 is 15.9 Å². The van der Waals surface area contributed by atoms with Crippen molar-refractivity contribution in [3.05, 3.63) is 53.0 Å². The molecule has 1 aliphatic heterocycles. The first-order chi connectivity index (χ1) is 14.2. The van der Waals surface area contributed by atoms with Gasteiger partial charge in [-0.15, -0.1) is 0 Å². The monoisotopic (exact) mass is 456 g/mol. The molecule has 0 radical (unpaired) electrons. The number of nitrogens with one attached hydrogen (secondary N) is 1. The first-order valence-electron chi connectivity index (χ1n) is 9.28. The van der Waals surface area contributed by atoms with Crippen LogP contribution in [-0.4, -0.2) is 37.1 Å². The Kier molecular flexibility index (Phi) is 5.87. The topological polar surface area (TPSA) is 72.8 Å². The number of methoxy groups -OCH3 is 1. The Labute approximate surface area is 177 Å². The van der Waals surface area contributed by atoms with Crippen molar-refractivity contribution in [2.24, 2.45) is 0 Å². The van der Waals surface area contributed by atoms with Gasteiger partial charge in [-0.05, 0) is 48.4 Å². The molecule has 0 spiro atoms. The fourth-order valence-electron chi connectivity index (χ4n) is 3.22. The van der Waals surface area contributed by atoms with Crippen LogP contribution in [0, 0.1) is 0 Å². The first kappa shape index (κ1) is 19.5. The molecule has 4 rings (SSSR count). The van der Waals surface area contributed by atoms with Gasteiger partial charge in [-0.2, -0.15) is 0 Å². The summed E-state index contributed by atoms with van der Waals surface area (Å²) in [7, 11) is 1.69. The minimum absolute atomic E-state index is 0.168. The molecule has 1 aliphatic rings. The van der Waals surface area contributed by atoms with Gasteiger partial charge in [-0.3, -0.25) is 0 Å². The summed E-state index contributed by atoms with van der Waals surface area (Å²) >= 11 is 3.47. The molecule has 0 fully saturated rings. The predicted molar refractivity (Wildman–Crippen MR) is 116 cm³/mol. The maximum Gasteiger partial charge on any atom is 0.231 e. The van der Waals surface area contributed by atoms with E-state index >= 15 is 0 Å². The quantitative estimate of drug-likeness (QED) is 0.484. The van der Waals surface area contributed by atoms with Crippen LogP contribution in [0.4, 0.5) is 5.82 Å². The SMILES string of the molecule is COCCCNc1cc(-c2cccc3c2OCO3)cc(-c2cc(Br)ccc2O)n1. The number of phenols is 1. The zero-order valence-electron chi connectivity index (χ0n) is 15.9. The lowest BCUT2D eigenvalue weighted by Crippen LogP contribution is -2.06. The van der Waals surface area contributed by atoms with E-state index in [4.69, 9.17) is 19.2 Å². The summed E-state index contributed by atoms with van der Waals surface area (Å²) in [6.45, 7) is 1.60. The summed E-state index contributed by atoms with van der Waals surface area (Å²) in [6, 6.07) is 15.0. The lowest BCUT2D eigenvalue weighted by Gasteiger charge is -2.13. The molecule has 6 nitrogen and oxygen atoms in total. The summed E-state index contributed by atoms with van der Waals surface area (Å²) in [4.78, 5) is 4.72. The van der Waals surface area contributed by atoms with E-state index in [2.05, 4.69) is 21.2 Å². The van der Waals surface area contributed by atoms with Crippen LogP contribution in [0.3, 0.4) is 0 Å². The van der Waals surface area contributed by atoms with E-state index < -0.39 is 0 Å². The molecule has 0 bridgehead atoms. The Morgan fingerprint density at radius 3 is 2.90 bits per heavy atom. The van der Waals surface area contributed by atoms with Gasteiger partial charge in [0.15, 0.2) is 11.5 Å². The lowest BCUT2D eigenvalue weighted by atomic mass is 10.0. The number of para-hydroxylation sites is 1. The number of fused-ring (bicyclic) bond motifs is 1. The Balaban J connectivity index is 1.78. The van der Waals surface area contributed by atoms with Gasteiger partial charge in [0.2, 0.25) is 6.79 Å². The van der Waals surface area contributed by atoms with Crippen LogP contribution in [0.5, 0.6) is 17.2 Å².